The zero-order valence-electron chi connectivity index (χ0n) is 12.8. The van der Waals surface area contributed by atoms with Gasteiger partial charge in [-0.1, -0.05) is 36.4 Å². The predicted octanol–water partition coefficient (Wildman–Crippen LogP) is 2.35. The van der Waals surface area contributed by atoms with E-state index in [-0.39, 0.29) is 12.1 Å². The van der Waals surface area contributed by atoms with Crippen LogP contribution in [0.25, 0.3) is 0 Å². The molecule has 1 saturated heterocycles. The number of aliphatic hydroxyl groups is 1. The molecule has 116 valence electrons. The summed E-state index contributed by atoms with van der Waals surface area (Å²) in [6.45, 7) is 2.05. The van der Waals surface area contributed by atoms with Crippen LogP contribution in [0.5, 0.6) is 0 Å². The van der Waals surface area contributed by atoms with Crippen molar-refractivity contribution in [2.75, 3.05) is 18.4 Å². The summed E-state index contributed by atoms with van der Waals surface area (Å²) < 4.78 is 0. The molecule has 1 aliphatic heterocycles. The molecule has 22 heavy (non-hydrogen) atoms. The summed E-state index contributed by atoms with van der Waals surface area (Å²) in [6.07, 6.45) is 4.99. The smallest absolute Gasteiger partial charge is 0.126 e. The lowest BCUT2D eigenvalue weighted by atomic mass is 9.84. The molecule has 1 aromatic carbocycles. The van der Waals surface area contributed by atoms with Gasteiger partial charge in [0.25, 0.3) is 0 Å². The van der Waals surface area contributed by atoms with E-state index >= 15 is 0 Å². The van der Waals surface area contributed by atoms with Crippen molar-refractivity contribution in [3.05, 3.63) is 59.8 Å². The zero-order valence-corrected chi connectivity index (χ0v) is 12.8. The summed E-state index contributed by atoms with van der Waals surface area (Å²) in [4.78, 5) is 4.43. The normalized spacial score (nSPS) is 21.5. The summed E-state index contributed by atoms with van der Waals surface area (Å²) in [5.41, 5.74) is 2.17. The van der Waals surface area contributed by atoms with Crippen molar-refractivity contribution in [3.8, 4) is 0 Å². The minimum absolute atomic E-state index is 0.00661. The first-order valence-corrected chi connectivity index (χ1v) is 7.88. The highest BCUT2D eigenvalue weighted by Gasteiger charge is 2.32. The van der Waals surface area contributed by atoms with Gasteiger partial charge < -0.3 is 15.7 Å². The van der Waals surface area contributed by atoms with Gasteiger partial charge in [0.15, 0.2) is 0 Å². The van der Waals surface area contributed by atoms with E-state index < -0.39 is 0 Å². The third-order valence-electron chi connectivity index (χ3n) is 4.26. The summed E-state index contributed by atoms with van der Waals surface area (Å²) in [5, 5.41) is 16.3. The Kier molecular flexibility index (Phi) is 4.71. The van der Waals surface area contributed by atoms with Crippen LogP contribution in [0.15, 0.2) is 48.7 Å². The molecule has 1 aromatic heterocycles. The highest BCUT2D eigenvalue weighted by atomic mass is 16.3. The van der Waals surface area contributed by atoms with E-state index in [4.69, 9.17) is 5.11 Å². The van der Waals surface area contributed by atoms with Gasteiger partial charge >= 0.3 is 0 Å². The van der Waals surface area contributed by atoms with Crippen molar-refractivity contribution >= 4 is 5.82 Å². The largest absolute Gasteiger partial charge is 0.392 e. The molecule has 3 rings (SSSR count). The molecule has 2 heterocycles. The van der Waals surface area contributed by atoms with Crippen LogP contribution in [0.2, 0.25) is 0 Å². The number of benzene rings is 1. The van der Waals surface area contributed by atoms with E-state index in [2.05, 4.69) is 45.9 Å². The molecule has 0 unspecified atom stereocenters. The first-order valence-electron chi connectivity index (χ1n) is 7.88. The molecule has 4 heteroatoms. The minimum Gasteiger partial charge on any atom is -0.392 e. The second-order valence-electron chi connectivity index (χ2n) is 6.06. The molecule has 1 fully saturated rings. The predicted molar refractivity (Wildman–Crippen MR) is 88.8 cm³/mol. The van der Waals surface area contributed by atoms with Gasteiger partial charge in [-0.05, 0) is 43.0 Å². The van der Waals surface area contributed by atoms with Crippen LogP contribution in [0.4, 0.5) is 5.82 Å². The summed E-state index contributed by atoms with van der Waals surface area (Å²) in [7, 11) is 0. The van der Waals surface area contributed by atoms with Crippen LogP contribution in [0.3, 0.4) is 0 Å². The van der Waals surface area contributed by atoms with Crippen LogP contribution in [0, 0.1) is 0 Å². The Hall–Kier alpha value is -1.91. The molecular weight excluding hydrogens is 274 g/mol. The van der Waals surface area contributed by atoms with Crippen LogP contribution < -0.4 is 10.6 Å². The zero-order chi connectivity index (χ0) is 15.3. The number of piperidine rings is 1. The molecule has 0 radical (unpaired) electrons. The molecule has 0 bridgehead atoms. The fourth-order valence-corrected chi connectivity index (χ4v) is 3.12. The highest BCUT2D eigenvalue weighted by Crippen LogP contribution is 2.26. The lowest BCUT2D eigenvalue weighted by Gasteiger charge is -2.39. The second kappa shape index (κ2) is 6.90. The lowest BCUT2D eigenvalue weighted by Crippen LogP contribution is -2.53. The van der Waals surface area contributed by atoms with Crippen LogP contribution >= 0.6 is 0 Å². The average molecular weight is 297 g/mol. The van der Waals surface area contributed by atoms with Gasteiger partial charge in [0.1, 0.15) is 5.82 Å². The number of pyridine rings is 1. The van der Waals surface area contributed by atoms with Crippen molar-refractivity contribution in [3.63, 3.8) is 0 Å². The number of rotatable bonds is 5. The molecular formula is C18H23N3O. The minimum atomic E-state index is -0.00661. The maximum Gasteiger partial charge on any atom is 0.126 e. The summed E-state index contributed by atoms with van der Waals surface area (Å²) in [5.74, 6) is 0.872. The summed E-state index contributed by atoms with van der Waals surface area (Å²) in [6, 6.07) is 14.5. The van der Waals surface area contributed by atoms with E-state index in [0.29, 0.717) is 0 Å². The molecule has 0 saturated carbocycles. The number of aliphatic hydroxyl groups excluding tert-OH is 1. The Morgan fingerprint density at radius 3 is 2.64 bits per heavy atom. The topological polar surface area (TPSA) is 57.2 Å². The van der Waals surface area contributed by atoms with Gasteiger partial charge in [0.05, 0.1) is 12.1 Å². The Morgan fingerprint density at radius 1 is 1.14 bits per heavy atom. The number of aromatic nitrogens is 1. The van der Waals surface area contributed by atoms with E-state index in [9.17, 15) is 0 Å². The fraction of sp³-hybridized carbons (Fsp3) is 0.389. The quantitative estimate of drug-likeness (QED) is 0.793. The highest BCUT2D eigenvalue weighted by molar-refractivity contribution is 5.40. The Balaban J connectivity index is 1.79. The monoisotopic (exact) mass is 297 g/mol. The molecule has 0 aliphatic carbocycles. The standard InChI is InChI=1S/C18H23N3O/c22-13-16-7-8-17(20-12-16)21-18(9-4-10-19-14-18)11-15-5-2-1-3-6-15/h1-3,5-8,12,19,22H,4,9-11,13-14H2,(H,20,21)/t18-/m1/s1. The van der Waals surface area contributed by atoms with Crippen molar-refractivity contribution < 1.29 is 5.11 Å². The van der Waals surface area contributed by atoms with Crippen molar-refractivity contribution in [1.29, 1.82) is 0 Å². The molecule has 1 aliphatic rings. The number of nitrogens with one attached hydrogen (secondary N) is 2. The first-order chi connectivity index (χ1) is 10.8. The third-order valence-corrected chi connectivity index (χ3v) is 4.26. The molecule has 0 spiro atoms. The number of hydrogen-bond acceptors (Lipinski definition) is 4. The first kappa shape index (κ1) is 15.0. The maximum absolute atomic E-state index is 9.13. The van der Waals surface area contributed by atoms with Crippen LogP contribution in [-0.4, -0.2) is 28.7 Å². The van der Waals surface area contributed by atoms with Crippen molar-refractivity contribution in [2.45, 2.75) is 31.4 Å². The number of nitrogens with zero attached hydrogens (tertiary/aromatic N) is 1. The number of hydrogen-bond donors (Lipinski definition) is 3. The van der Waals surface area contributed by atoms with Gasteiger partial charge in [-0.3, -0.25) is 0 Å². The Bertz CT molecular complexity index is 577. The van der Waals surface area contributed by atoms with Crippen molar-refractivity contribution in [2.24, 2.45) is 0 Å². The van der Waals surface area contributed by atoms with Crippen LogP contribution in [0.1, 0.15) is 24.0 Å². The molecule has 3 N–H and O–H groups in total. The van der Waals surface area contributed by atoms with E-state index in [1.165, 1.54) is 5.56 Å². The Morgan fingerprint density at radius 2 is 2.00 bits per heavy atom. The molecule has 1 atom stereocenters. The molecule has 2 aromatic rings. The molecule has 0 amide bonds. The summed E-state index contributed by atoms with van der Waals surface area (Å²) >= 11 is 0. The van der Waals surface area contributed by atoms with Gasteiger partial charge in [0, 0.05) is 12.7 Å². The van der Waals surface area contributed by atoms with Crippen LogP contribution in [-0.2, 0) is 13.0 Å². The second-order valence-corrected chi connectivity index (χ2v) is 6.06. The third kappa shape index (κ3) is 3.64. The number of anilines is 1. The lowest BCUT2D eigenvalue weighted by molar-refractivity contribution is 0.281. The van der Waals surface area contributed by atoms with E-state index in [0.717, 1.165) is 43.7 Å². The van der Waals surface area contributed by atoms with Gasteiger partial charge in [-0.15, -0.1) is 0 Å². The van der Waals surface area contributed by atoms with E-state index in [1.54, 1.807) is 6.20 Å². The van der Waals surface area contributed by atoms with Gasteiger partial charge in [0.2, 0.25) is 0 Å². The molecule has 4 nitrogen and oxygen atoms in total. The fourth-order valence-electron chi connectivity index (χ4n) is 3.12. The Labute approximate surface area is 131 Å². The average Bonchev–Trinajstić information content (AvgIpc) is 2.57. The van der Waals surface area contributed by atoms with Gasteiger partial charge in [-0.25, -0.2) is 4.98 Å². The maximum atomic E-state index is 9.13. The van der Waals surface area contributed by atoms with Gasteiger partial charge in [-0.2, -0.15) is 0 Å². The van der Waals surface area contributed by atoms with E-state index in [1.807, 2.05) is 12.1 Å². The SMILES string of the molecule is OCc1ccc(N[C@@]2(Cc3ccccc3)CCCNC2)nc1. The van der Waals surface area contributed by atoms with Crippen molar-refractivity contribution in [1.82, 2.24) is 10.3 Å².